The number of rotatable bonds is 7. The zero-order valence-corrected chi connectivity index (χ0v) is 16.7. The smallest absolute Gasteiger partial charge is 0.329 e. The lowest BCUT2D eigenvalue weighted by Crippen LogP contribution is -2.30. The molecule has 0 saturated carbocycles. The van der Waals surface area contributed by atoms with Crippen molar-refractivity contribution in [2.45, 2.75) is 45.8 Å². The summed E-state index contributed by atoms with van der Waals surface area (Å²) in [5.74, 6) is 1.31. The fourth-order valence-electron chi connectivity index (χ4n) is 3.72. The number of carbonyl (C=O) groups is 1. The first-order chi connectivity index (χ1) is 14.1. The Morgan fingerprint density at radius 1 is 1.07 bits per heavy atom. The molecule has 0 radical (unpaired) electrons. The molecule has 1 amide bonds. The maximum Gasteiger partial charge on any atom is 0.329 e. The topological polar surface area (TPSA) is 74.5 Å². The lowest BCUT2D eigenvalue weighted by Gasteiger charge is -2.15. The summed E-state index contributed by atoms with van der Waals surface area (Å²) in [5, 5.41) is 3.00. The largest absolute Gasteiger partial charge is 0.454 e. The number of nitrogens with one attached hydrogen (secondary N) is 1. The van der Waals surface area contributed by atoms with Crippen molar-refractivity contribution in [3.05, 3.63) is 58.5 Å². The number of ether oxygens (including phenoxy) is 2. The van der Waals surface area contributed by atoms with Crippen LogP contribution >= 0.6 is 0 Å². The van der Waals surface area contributed by atoms with Gasteiger partial charge in [0.1, 0.15) is 0 Å². The molecule has 1 aromatic heterocycles. The van der Waals surface area contributed by atoms with Gasteiger partial charge in [0, 0.05) is 19.5 Å². The zero-order chi connectivity index (χ0) is 20.4. The molecule has 1 aliphatic heterocycles. The minimum atomic E-state index is -0.171. The van der Waals surface area contributed by atoms with Crippen LogP contribution in [-0.4, -0.2) is 21.8 Å². The number of aryl methyl sites for hydroxylation is 2. The van der Waals surface area contributed by atoms with Crippen LogP contribution in [0, 0.1) is 0 Å². The minimum Gasteiger partial charge on any atom is -0.454 e. The first-order valence-corrected chi connectivity index (χ1v) is 9.95. The van der Waals surface area contributed by atoms with E-state index in [4.69, 9.17) is 9.47 Å². The van der Waals surface area contributed by atoms with Gasteiger partial charge in [-0.15, -0.1) is 0 Å². The predicted octanol–water partition coefficient (Wildman–Crippen LogP) is 3.21. The van der Waals surface area contributed by atoms with Crippen LogP contribution in [0.2, 0.25) is 0 Å². The van der Waals surface area contributed by atoms with E-state index in [0.717, 1.165) is 28.8 Å². The van der Waals surface area contributed by atoms with E-state index in [1.165, 1.54) is 0 Å². The first kappa shape index (κ1) is 19.1. The number of aromatic nitrogens is 2. The number of para-hydroxylation sites is 2. The van der Waals surface area contributed by atoms with Gasteiger partial charge in [-0.05, 0) is 43.2 Å². The zero-order valence-electron chi connectivity index (χ0n) is 16.7. The fourth-order valence-corrected chi connectivity index (χ4v) is 3.72. The molecule has 152 valence electrons. The summed E-state index contributed by atoms with van der Waals surface area (Å²) in [7, 11) is 0. The molecule has 0 fully saturated rings. The normalized spacial score (nSPS) is 13.6. The Morgan fingerprint density at radius 2 is 1.76 bits per heavy atom. The van der Waals surface area contributed by atoms with E-state index in [9.17, 15) is 9.59 Å². The van der Waals surface area contributed by atoms with Crippen LogP contribution < -0.4 is 20.5 Å². The SMILES string of the molecule is CCCn1c(=O)n(CCC(=O)NC(C)c2ccc3c(c2)OCO3)c2ccccc21. The summed E-state index contributed by atoms with van der Waals surface area (Å²) >= 11 is 0. The average Bonchev–Trinajstić information content (AvgIpc) is 3.29. The molecule has 1 atom stereocenters. The van der Waals surface area contributed by atoms with Gasteiger partial charge in [0.2, 0.25) is 12.7 Å². The van der Waals surface area contributed by atoms with Gasteiger partial charge in [0.05, 0.1) is 17.1 Å². The lowest BCUT2D eigenvalue weighted by molar-refractivity contribution is -0.121. The van der Waals surface area contributed by atoms with Crippen molar-refractivity contribution in [1.29, 1.82) is 0 Å². The maximum atomic E-state index is 12.8. The lowest BCUT2D eigenvalue weighted by atomic mass is 10.1. The molecule has 0 saturated heterocycles. The van der Waals surface area contributed by atoms with Crippen molar-refractivity contribution in [2.24, 2.45) is 0 Å². The first-order valence-electron chi connectivity index (χ1n) is 9.95. The van der Waals surface area contributed by atoms with Crippen LogP contribution in [0.25, 0.3) is 11.0 Å². The van der Waals surface area contributed by atoms with Gasteiger partial charge in [-0.25, -0.2) is 4.79 Å². The molecular formula is C22H25N3O4. The second-order valence-corrected chi connectivity index (χ2v) is 7.23. The van der Waals surface area contributed by atoms with E-state index in [0.29, 0.717) is 18.8 Å². The van der Waals surface area contributed by atoms with Gasteiger partial charge < -0.3 is 14.8 Å². The molecule has 2 heterocycles. The number of hydrogen-bond acceptors (Lipinski definition) is 4. The number of imidazole rings is 1. The maximum absolute atomic E-state index is 12.8. The highest BCUT2D eigenvalue weighted by molar-refractivity contribution is 5.78. The molecule has 0 aliphatic carbocycles. The highest BCUT2D eigenvalue weighted by Crippen LogP contribution is 2.34. The van der Waals surface area contributed by atoms with Crippen LogP contribution in [0.5, 0.6) is 11.5 Å². The highest BCUT2D eigenvalue weighted by Gasteiger charge is 2.18. The fraction of sp³-hybridized carbons (Fsp3) is 0.364. The molecule has 0 spiro atoms. The van der Waals surface area contributed by atoms with Crippen LogP contribution in [0.3, 0.4) is 0 Å². The van der Waals surface area contributed by atoms with Crippen molar-refractivity contribution < 1.29 is 14.3 Å². The molecule has 1 aliphatic rings. The molecule has 29 heavy (non-hydrogen) atoms. The third-order valence-corrected chi connectivity index (χ3v) is 5.21. The second kappa shape index (κ2) is 8.03. The average molecular weight is 395 g/mol. The van der Waals surface area contributed by atoms with Crippen molar-refractivity contribution in [2.75, 3.05) is 6.79 Å². The van der Waals surface area contributed by atoms with Crippen molar-refractivity contribution in [1.82, 2.24) is 14.5 Å². The number of fused-ring (bicyclic) bond motifs is 2. The third-order valence-electron chi connectivity index (χ3n) is 5.21. The van der Waals surface area contributed by atoms with Gasteiger partial charge in [-0.3, -0.25) is 13.9 Å². The Balaban J connectivity index is 1.45. The van der Waals surface area contributed by atoms with E-state index < -0.39 is 0 Å². The third kappa shape index (κ3) is 3.72. The molecule has 1 N–H and O–H groups in total. The van der Waals surface area contributed by atoms with Crippen LogP contribution in [-0.2, 0) is 17.9 Å². The molecule has 3 aromatic rings. The van der Waals surface area contributed by atoms with E-state index in [-0.39, 0.29) is 30.9 Å². The number of carbonyl (C=O) groups excluding carboxylic acids is 1. The van der Waals surface area contributed by atoms with E-state index >= 15 is 0 Å². The van der Waals surface area contributed by atoms with E-state index in [2.05, 4.69) is 5.32 Å². The van der Waals surface area contributed by atoms with Crippen molar-refractivity contribution in [3.63, 3.8) is 0 Å². The quantitative estimate of drug-likeness (QED) is 0.667. The molecule has 0 bridgehead atoms. The summed E-state index contributed by atoms with van der Waals surface area (Å²) in [6.07, 6.45) is 1.11. The molecule has 2 aromatic carbocycles. The second-order valence-electron chi connectivity index (χ2n) is 7.23. The monoisotopic (exact) mass is 395 g/mol. The van der Waals surface area contributed by atoms with Gasteiger partial charge >= 0.3 is 5.69 Å². The Bertz CT molecular complexity index is 1100. The molecule has 7 heteroatoms. The summed E-state index contributed by atoms with van der Waals surface area (Å²) in [4.78, 5) is 25.3. The van der Waals surface area contributed by atoms with Gasteiger partial charge in [0.25, 0.3) is 0 Å². The number of hydrogen-bond donors (Lipinski definition) is 1. The van der Waals surface area contributed by atoms with Crippen LogP contribution in [0.15, 0.2) is 47.3 Å². The van der Waals surface area contributed by atoms with Crippen LogP contribution in [0.4, 0.5) is 0 Å². The Morgan fingerprint density at radius 3 is 2.48 bits per heavy atom. The van der Waals surface area contributed by atoms with E-state index in [1.54, 1.807) is 9.13 Å². The summed E-state index contributed by atoms with van der Waals surface area (Å²) in [6.45, 7) is 5.20. The summed E-state index contributed by atoms with van der Waals surface area (Å²) in [6, 6.07) is 13.2. The number of amides is 1. The minimum absolute atomic E-state index is 0.0651. The van der Waals surface area contributed by atoms with Gasteiger partial charge in [-0.2, -0.15) is 0 Å². The number of benzene rings is 2. The summed E-state index contributed by atoms with van der Waals surface area (Å²) < 4.78 is 14.2. The number of nitrogens with zero attached hydrogens (tertiary/aromatic N) is 2. The summed E-state index contributed by atoms with van der Waals surface area (Å²) in [5.41, 5.74) is 2.65. The van der Waals surface area contributed by atoms with Crippen molar-refractivity contribution in [3.8, 4) is 11.5 Å². The Labute approximate surface area is 168 Å². The van der Waals surface area contributed by atoms with Crippen molar-refractivity contribution >= 4 is 16.9 Å². The van der Waals surface area contributed by atoms with Crippen LogP contribution in [0.1, 0.15) is 38.3 Å². The van der Waals surface area contributed by atoms with Gasteiger partial charge in [0.15, 0.2) is 11.5 Å². The Hall–Kier alpha value is -3.22. The molecule has 7 nitrogen and oxygen atoms in total. The molecular weight excluding hydrogens is 370 g/mol. The standard InChI is InChI=1S/C22H25N3O4/c1-3-11-24-17-6-4-5-7-18(17)25(22(24)27)12-10-21(26)23-15(2)16-8-9-19-20(13-16)29-14-28-19/h4-9,13,15H,3,10-12,14H2,1-2H3,(H,23,26). The highest BCUT2D eigenvalue weighted by atomic mass is 16.7. The predicted molar refractivity (Wildman–Crippen MR) is 110 cm³/mol. The molecule has 1 unspecified atom stereocenters. The van der Waals surface area contributed by atoms with Gasteiger partial charge in [-0.1, -0.05) is 25.1 Å². The molecule has 4 rings (SSSR count). The van der Waals surface area contributed by atoms with E-state index in [1.807, 2.05) is 56.3 Å². The Kier molecular flexibility index (Phi) is 5.29.